The number of aryl methyl sites for hydroxylation is 1. The van der Waals surface area contributed by atoms with E-state index in [4.69, 9.17) is 0 Å². The van der Waals surface area contributed by atoms with Crippen LogP contribution >= 0.6 is 0 Å². The Bertz CT molecular complexity index is 554. The molecule has 1 amide bonds. The molecule has 1 saturated heterocycles. The Kier molecular flexibility index (Phi) is 4.32. The van der Waals surface area contributed by atoms with Crippen LogP contribution in [0.25, 0.3) is 0 Å². The number of nitrogens with zero attached hydrogens (tertiary/aromatic N) is 3. The highest BCUT2D eigenvalue weighted by molar-refractivity contribution is 5.79. The van der Waals surface area contributed by atoms with Gasteiger partial charge in [0.25, 0.3) is 0 Å². The van der Waals surface area contributed by atoms with Crippen molar-refractivity contribution in [2.24, 2.45) is 5.92 Å². The van der Waals surface area contributed by atoms with Crippen LogP contribution in [0.15, 0.2) is 6.07 Å². The summed E-state index contributed by atoms with van der Waals surface area (Å²) in [5.74, 6) is 1.96. The highest BCUT2D eigenvalue weighted by Gasteiger charge is 2.31. The maximum absolute atomic E-state index is 11.9. The van der Waals surface area contributed by atoms with Crippen LogP contribution in [0.2, 0.25) is 0 Å². The molecule has 1 aromatic heterocycles. The van der Waals surface area contributed by atoms with Gasteiger partial charge in [0, 0.05) is 48.8 Å². The van der Waals surface area contributed by atoms with E-state index in [-0.39, 0.29) is 11.9 Å². The SMILES string of the molecule is Cc1cc(C2CCC2)nc(NCC2CC(=O)N(C(C)C)C2)n1. The first-order chi connectivity index (χ1) is 10.5. The Morgan fingerprint density at radius 3 is 2.73 bits per heavy atom. The van der Waals surface area contributed by atoms with Gasteiger partial charge in [-0.05, 0) is 39.7 Å². The van der Waals surface area contributed by atoms with Crippen LogP contribution in [0, 0.1) is 12.8 Å². The minimum absolute atomic E-state index is 0.266. The Hall–Kier alpha value is -1.65. The minimum Gasteiger partial charge on any atom is -0.354 e. The van der Waals surface area contributed by atoms with Crippen LogP contribution in [0.3, 0.4) is 0 Å². The van der Waals surface area contributed by atoms with Crippen LogP contribution in [-0.2, 0) is 4.79 Å². The summed E-state index contributed by atoms with van der Waals surface area (Å²) in [6.07, 6.45) is 4.44. The summed E-state index contributed by atoms with van der Waals surface area (Å²) < 4.78 is 0. The zero-order valence-corrected chi connectivity index (χ0v) is 13.8. The fourth-order valence-corrected chi connectivity index (χ4v) is 3.26. The molecule has 2 fully saturated rings. The van der Waals surface area contributed by atoms with Crippen molar-refractivity contribution in [1.82, 2.24) is 14.9 Å². The van der Waals surface area contributed by atoms with Gasteiger partial charge < -0.3 is 10.2 Å². The maximum atomic E-state index is 11.9. The lowest BCUT2D eigenvalue weighted by atomic mass is 9.83. The van der Waals surface area contributed by atoms with Crippen molar-refractivity contribution < 1.29 is 4.79 Å². The third-order valence-corrected chi connectivity index (χ3v) is 4.81. The lowest BCUT2D eigenvalue weighted by Crippen LogP contribution is -2.32. The second-order valence-corrected chi connectivity index (χ2v) is 6.98. The van der Waals surface area contributed by atoms with Crippen molar-refractivity contribution in [3.63, 3.8) is 0 Å². The molecule has 1 unspecified atom stereocenters. The van der Waals surface area contributed by atoms with Crippen LogP contribution in [0.1, 0.15) is 56.8 Å². The summed E-state index contributed by atoms with van der Waals surface area (Å²) in [6, 6.07) is 2.40. The number of amides is 1. The third kappa shape index (κ3) is 3.23. The Morgan fingerprint density at radius 2 is 2.14 bits per heavy atom. The first kappa shape index (κ1) is 15.3. The topological polar surface area (TPSA) is 58.1 Å². The van der Waals surface area contributed by atoms with Crippen molar-refractivity contribution in [3.8, 4) is 0 Å². The van der Waals surface area contributed by atoms with E-state index in [2.05, 4.69) is 35.2 Å². The number of likely N-dealkylation sites (tertiary alicyclic amines) is 1. The molecule has 1 atom stereocenters. The van der Waals surface area contributed by atoms with E-state index in [0.717, 1.165) is 24.7 Å². The zero-order valence-electron chi connectivity index (χ0n) is 13.8. The second-order valence-electron chi connectivity index (χ2n) is 6.98. The molecule has 5 heteroatoms. The van der Waals surface area contributed by atoms with Crippen molar-refractivity contribution in [2.75, 3.05) is 18.4 Å². The number of carbonyl (C=O) groups is 1. The molecule has 1 aliphatic heterocycles. The summed E-state index contributed by atoms with van der Waals surface area (Å²) in [6.45, 7) is 7.77. The van der Waals surface area contributed by atoms with Crippen molar-refractivity contribution in [3.05, 3.63) is 17.5 Å². The molecule has 1 aromatic rings. The predicted molar refractivity (Wildman–Crippen MR) is 86.8 cm³/mol. The average Bonchev–Trinajstić information content (AvgIpc) is 2.75. The third-order valence-electron chi connectivity index (χ3n) is 4.81. The van der Waals surface area contributed by atoms with E-state index in [1.807, 2.05) is 11.8 Å². The number of hydrogen-bond donors (Lipinski definition) is 1. The van der Waals surface area contributed by atoms with Crippen molar-refractivity contribution in [2.45, 2.75) is 58.4 Å². The van der Waals surface area contributed by atoms with Gasteiger partial charge in [-0.1, -0.05) is 6.42 Å². The summed E-state index contributed by atoms with van der Waals surface area (Å²) in [5.41, 5.74) is 2.19. The second kappa shape index (κ2) is 6.23. The standard InChI is InChI=1S/C17H26N4O/c1-11(2)21-10-13(8-16(21)22)9-18-17-19-12(3)7-15(20-17)14-5-4-6-14/h7,11,13-14H,4-6,8-10H2,1-3H3,(H,18,19,20). The number of hydrogen-bond acceptors (Lipinski definition) is 4. The monoisotopic (exact) mass is 302 g/mol. The van der Waals surface area contributed by atoms with Crippen LogP contribution in [-0.4, -0.2) is 39.9 Å². The minimum atomic E-state index is 0.266. The fraction of sp³-hybridized carbons (Fsp3) is 0.706. The number of rotatable bonds is 5. The highest BCUT2D eigenvalue weighted by atomic mass is 16.2. The average molecular weight is 302 g/mol. The molecule has 0 aromatic carbocycles. The molecule has 1 saturated carbocycles. The van der Waals surface area contributed by atoms with Gasteiger partial charge in [0.2, 0.25) is 11.9 Å². The summed E-state index contributed by atoms with van der Waals surface area (Å²) >= 11 is 0. The molecule has 22 heavy (non-hydrogen) atoms. The van der Waals surface area contributed by atoms with Crippen LogP contribution in [0.4, 0.5) is 5.95 Å². The summed E-state index contributed by atoms with van der Waals surface area (Å²) in [7, 11) is 0. The van der Waals surface area contributed by atoms with Gasteiger partial charge in [-0.15, -0.1) is 0 Å². The molecular weight excluding hydrogens is 276 g/mol. The van der Waals surface area contributed by atoms with Gasteiger partial charge in [0.05, 0.1) is 0 Å². The molecule has 0 radical (unpaired) electrons. The molecule has 1 aliphatic carbocycles. The quantitative estimate of drug-likeness (QED) is 0.908. The van der Waals surface area contributed by atoms with Crippen molar-refractivity contribution >= 4 is 11.9 Å². The normalized spacial score (nSPS) is 22.3. The smallest absolute Gasteiger partial charge is 0.223 e. The molecule has 5 nitrogen and oxygen atoms in total. The summed E-state index contributed by atoms with van der Waals surface area (Å²) in [4.78, 5) is 23.1. The molecule has 2 aliphatic rings. The predicted octanol–water partition coefficient (Wildman–Crippen LogP) is 2.72. The Balaban J connectivity index is 1.60. The molecule has 0 spiro atoms. The molecule has 1 N–H and O–H groups in total. The lowest BCUT2D eigenvalue weighted by Gasteiger charge is -2.25. The van der Waals surface area contributed by atoms with E-state index in [0.29, 0.717) is 18.3 Å². The number of aromatic nitrogens is 2. The van der Waals surface area contributed by atoms with Gasteiger partial charge in [-0.3, -0.25) is 4.79 Å². The maximum Gasteiger partial charge on any atom is 0.223 e. The number of nitrogens with one attached hydrogen (secondary N) is 1. The molecule has 2 heterocycles. The molecule has 120 valence electrons. The first-order valence-electron chi connectivity index (χ1n) is 8.42. The number of anilines is 1. The van der Waals surface area contributed by atoms with Gasteiger partial charge >= 0.3 is 0 Å². The van der Waals surface area contributed by atoms with E-state index in [1.54, 1.807) is 0 Å². The molecule has 0 bridgehead atoms. The van der Waals surface area contributed by atoms with Crippen molar-refractivity contribution in [1.29, 1.82) is 0 Å². The molecular formula is C17H26N4O. The Labute approximate surface area is 132 Å². The van der Waals surface area contributed by atoms with E-state index < -0.39 is 0 Å². The summed E-state index contributed by atoms with van der Waals surface area (Å²) in [5, 5.41) is 3.35. The van der Waals surface area contributed by atoms with Gasteiger partial charge in [0.15, 0.2) is 0 Å². The fourth-order valence-electron chi connectivity index (χ4n) is 3.26. The van der Waals surface area contributed by atoms with Gasteiger partial charge in [-0.2, -0.15) is 0 Å². The lowest BCUT2D eigenvalue weighted by molar-refractivity contribution is -0.129. The largest absolute Gasteiger partial charge is 0.354 e. The van der Waals surface area contributed by atoms with Crippen LogP contribution in [0.5, 0.6) is 0 Å². The zero-order chi connectivity index (χ0) is 15.7. The number of carbonyl (C=O) groups excluding carboxylic acids is 1. The van der Waals surface area contributed by atoms with Crippen LogP contribution < -0.4 is 5.32 Å². The highest BCUT2D eigenvalue weighted by Crippen LogP contribution is 2.35. The Morgan fingerprint density at radius 1 is 1.36 bits per heavy atom. The molecule has 3 rings (SSSR count). The van der Waals surface area contributed by atoms with E-state index >= 15 is 0 Å². The van der Waals surface area contributed by atoms with E-state index in [1.165, 1.54) is 25.0 Å². The first-order valence-corrected chi connectivity index (χ1v) is 8.42. The van der Waals surface area contributed by atoms with Gasteiger partial charge in [-0.25, -0.2) is 9.97 Å². The van der Waals surface area contributed by atoms with Gasteiger partial charge in [0.1, 0.15) is 0 Å². The van der Waals surface area contributed by atoms with E-state index in [9.17, 15) is 4.79 Å².